The third-order valence-corrected chi connectivity index (χ3v) is 3.44. The molecule has 0 spiro atoms. The number of aromatic hydroxyl groups is 1. The monoisotopic (exact) mass is 334 g/mol. The van der Waals surface area contributed by atoms with E-state index in [2.05, 4.69) is 41.7 Å². The standard InChI is InChI=1S/C18H30N4O2/c1-5-19-18(21-14(4)7-6-13(2)3)20-12-17(24)22-15-8-10-16(23)11-9-15/h8-11,13-14,23H,5-7,12H2,1-4H3,(H,22,24)(H2,19,20,21). The van der Waals surface area contributed by atoms with Crippen molar-refractivity contribution in [3.8, 4) is 5.75 Å². The molecule has 1 rings (SSSR count). The molecular formula is C18H30N4O2. The molecular weight excluding hydrogens is 304 g/mol. The van der Waals surface area contributed by atoms with E-state index in [9.17, 15) is 9.90 Å². The molecule has 1 amide bonds. The third kappa shape index (κ3) is 8.41. The molecule has 0 radical (unpaired) electrons. The van der Waals surface area contributed by atoms with Gasteiger partial charge in [-0.05, 0) is 56.9 Å². The Morgan fingerprint density at radius 3 is 2.42 bits per heavy atom. The number of anilines is 1. The number of amides is 1. The Labute approximate surface area is 144 Å². The number of aliphatic imine (C=N–C) groups is 1. The molecule has 0 bridgehead atoms. The molecule has 0 fully saturated rings. The van der Waals surface area contributed by atoms with E-state index < -0.39 is 0 Å². The van der Waals surface area contributed by atoms with Gasteiger partial charge in [0.25, 0.3) is 0 Å². The summed E-state index contributed by atoms with van der Waals surface area (Å²) in [6.45, 7) is 9.30. The van der Waals surface area contributed by atoms with Crippen LogP contribution in [0.2, 0.25) is 0 Å². The Bertz CT molecular complexity index is 526. The Hall–Kier alpha value is -2.24. The number of benzene rings is 1. The van der Waals surface area contributed by atoms with Crippen LogP contribution >= 0.6 is 0 Å². The summed E-state index contributed by atoms with van der Waals surface area (Å²) in [5.74, 6) is 1.28. The minimum Gasteiger partial charge on any atom is -0.508 e. The Kier molecular flexibility index (Phi) is 8.68. The summed E-state index contributed by atoms with van der Waals surface area (Å²) in [4.78, 5) is 16.3. The van der Waals surface area contributed by atoms with Crippen LogP contribution in [0, 0.1) is 5.92 Å². The molecule has 4 N–H and O–H groups in total. The van der Waals surface area contributed by atoms with Gasteiger partial charge in [-0.15, -0.1) is 0 Å². The van der Waals surface area contributed by atoms with Crippen molar-refractivity contribution < 1.29 is 9.90 Å². The lowest BCUT2D eigenvalue weighted by Crippen LogP contribution is -2.42. The van der Waals surface area contributed by atoms with Gasteiger partial charge in [0.05, 0.1) is 0 Å². The van der Waals surface area contributed by atoms with Gasteiger partial charge in [0, 0.05) is 18.3 Å². The summed E-state index contributed by atoms with van der Waals surface area (Å²) in [5.41, 5.74) is 0.635. The van der Waals surface area contributed by atoms with Gasteiger partial charge in [-0.25, -0.2) is 4.99 Å². The number of guanidine groups is 1. The van der Waals surface area contributed by atoms with Gasteiger partial charge < -0.3 is 21.1 Å². The van der Waals surface area contributed by atoms with Crippen LogP contribution in [0.4, 0.5) is 5.69 Å². The van der Waals surface area contributed by atoms with Crippen LogP contribution in [0.3, 0.4) is 0 Å². The minimum absolute atomic E-state index is 0.0348. The maximum absolute atomic E-state index is 12.0. The molecule has 1 aromatic rings. The van der Waals surface area contributed by atoms with Crippen LogP contribution in [-0.4, -0.2) is 36.1 Å². The average molecular weight is 334 g/mol. The van der Waals surface area contributed by atoms with Crippen molar-refractivity contribution in [2.75, 3.05) is 18.4 Å². The van der Waals surface area contributed by atoms with Crippen LogP contribution < -0.4 is 16.0 Å². The number of hydrogen-bond acceptors (Lipinski definition) is 3. The molecule has 0 aliphatic carbocycles. The highest BCUT2D eigenvalue weighted by Gasteiger charge is 2.07. The van der Waals surface area contributed by atoms with Crippen molar-refractivity contribution in [1.82, 2.24) is 10.6 Å². The third-order valence-electron chi connectivity index (χ3n) is 3.44. The van der Waals surface area contributed by atoms with Gasteiger partial charge in [-0.1, -0.05) is 13.8 Å². The molecule has 24 heavy (non-hydrogen) atoms. The predicted octanol–water partition coefficient (Wildman–Crippen LogP) is 2.71. The normalized spacial score (nSPS) is 12.8. The van der Waals surface area contributed by atoms with Crippen LogP contribution in [-0.2, 0) is 4.79 Å². The van der Waals surface area contributed by atoms with Crippen molar-refractivity contribution >= 4 is 17.6 Å². The quantitative estimate of drug-likeness (QED) is 0.334. The van der Waals surface area contributed by atoms with Crippen molar-refractivity contribution in [3.05, 3.63) is 24.3 Å². The lowest BCUT2D eigenvalue weighted by atomic mass is 10.0. The SMILES string of the molecule is CCNC(=NCC(=O)Nc1ccc(O)cc1)NC(C)CCC(C)C. The molecule has 6 nitrogen and oxygen atoms in total. The molecule has 1 unspecified atom stereocenters. The number of phenols is 1. The minimum atomic E-state index is -0.201. The highest BCUT2D eigenvalue weighted by molar-refractivity contribution is 5.94. The second-order valence-corrected chi connectivity index (χ2v) is 6.31. The molecule has 0 saturated heterocycles. The van der Waals surface area contributed by atoms with Crippen LogP contribution in [0.1, 0.15) is 40.5 Å². The topological polar surface area (TPSA) is 85.8 Å². The maximum Gasteiger partial charge on any atom is 0.246 e. The summed E-state index contributed by atoms with van der Waals surface area (Å²) in [5, 5.41) is 18.5. The zero-order valence-electron chi connectivity index (χ0n) is 15.1. The summed E-state index contributed by atoms with van der Waals surface area (Å²) in [6.07, 6.45) is 2.21. The molecule has 1 aromatic carbocycles. The predicted molar refractivity (Wildman–Crippen MR) is 99.4 cm³/mol. The first-order valence-corrected chi connectivity index (χ1v) is 8.54. The van der Waals surface area contributed by atoms with Gasteiger partial charge in [-0.2, -0.15) is 0 Å². The average Bonchev–Trinajstić information content (AvgIpc) is 2.53. The first-order chi connectivity index (χ1) is 11.4. The fraction of sp³-hybridized carbons (Fsp3) is 0.556. The van der Waals surface area contributed by atoms with Crippen LogP contribution in [0.5, 0.6) is 5.75 Å². The Morgan fingerprint density at radius 2 is 1.83 bits per heavy atom. The largest absolute Gasteiger partial charge is 0.508 e. The van der Waals surface area contributed by atoms with E-state index >= 15 is 0 Å². The van der Waals surface area contributed by atoms with E-state index in [1.54, 1.807) is 12.1 Å². The van der Waals surface area contributed by atoms with E-state index in [-0.39, 0.29) is 18.2 Å². The number of nitrogens with one attached hydrogen (secondary N) is 3. The van der Waals surface area contributed by atoms with Crippen molar-refractivity contribution in [3.63, 3.8) is 0 Å². The molecule has 0 aliphatic rings. The van der Waals surface area contributed by atoms with E-state index in [4.69, 9.17) is 0 Å². The van der Waals surface area contributed by atoms with Crippen LogP contribution in [0.25, 0.3) is 0 Å². The summed E-state index contributed by atoms with van der Waals surface area (Å²) in [7, 11) is 0. The molecule has 0 heterocycles. The fourth-order valence-corrected chi connectivity index (χ4v) is 2.11. The summed E-state index contributed by atoms with van der Waals surface area (Å²) < 4.78 is 0. The lowest BCUT2D eigenvalue weighted by molar-refractivity contribution is -0.114. The molecule has 1 atom stereocenters. The van der Waals surface area contributed by atoms with E-state index in [0.29, 0.717) is 23.6 Å². The number of hydrogen-bond donors (Lipinski definition) is 4. The fourth-order valence-electron chi connectivity index (χ4n) is 2.11. The molecule has 0 saturated carbocycles. The summed E-state index contributed by atoms with van der Waals surface area (Å²) >= 11 is 0. The van der Waals surface area contributed by atoms with E-state index in [1.807, 2.05) is 6.92 Å². The first-order valence-electron chi connectivity index (χ1n) is 8.54. The van der Waals surface area contributed by atoms with Gasteiger partial charge in [0.15, 0.2) is 5.96 Å². The molecule has 0 aliphatic heterocycles. The number of rotatable bonds is 8. The first kappa shape index (κ1) is 19.8. The van der Waals surface area contributed by atoms with E-state index in [0.717, 1.165) is 19.4 Å². The highest BCUT2D eigenvalue weighted by atomic mass is 16.3. The molecule has 0 aromatic heterocycles. The Balaban J connectivity index is 2.51. The van der Waals surface area contributed by atoms with Crippen molar-refractivity contribution in [2.24, 2.45) is 10.9 Å². The number of phenolic OH excluding ortho intramolecular Hbond substituents is 1. The van der Waals surface area contributed by atoms with Gasteiger partial charge in [-0.3, -0.25) is 4.79 Å². The smallest absolute Gasteiger partial charge is 0.246 e. The molecule has 6 heteroatoms. The maximum atomic E-state index is 12.0. The molecule has 134 valence electrons. The number of nitrogens with zero attached hydrogens (tertiary/aromatic N) is 1. The van der Waals surface area contributed by atoms with Gasteiger partial charge >= 0.3 is 0 Å². The summed E-state index contributed by atoms with van der Waals surface area (Å²) in [6, 6.07) is 6.65. The zero-order valence-corrected chi connectivity index (χ0v) is 15.1. The van der Waals surface area contributed by atoms with Crippen molar-refractivity contribution in [2.45, 2.75) is 46.6 Å². The van der Waals surface area contributed by atoms with Crippen LogP contribution in [0.15, 0.2) is 29.3 Å². The second-order valence-electron chi connectivity index (χ2n) is 6.31. The zero-order chi connectivity index (χ0) is 17.9. The van der Waals surface area contributed by atoms with Gasteiger partial charge in [0.1, 0.15) is 12.3 Å². The second kappa shape index (κ2) is 10.5. The number of carbonyl (C=O) groups excluding carboxylic acids is 1. The van der Waals surface area contributed by atoms with E-state index in [1.165, 1.54) is 12.1 Å². The van der Waals surface area contributed by atoms with Gasteiger partial charge in [0.2, 0.25) is 5.91 Å². The highest BCUT2D eigenvalue weighted by Crippen LogP contribution is 2.13. The lowest BCUT2D eigenvalue weighted by Gasteiger charge is -2.18. The van der Waals surface area contributed by atoms with Crippen molar-refractivity contribution in [1.29, 1.82) is 0 Å². The Morgan fingerprint density at radius 1 is 1.17 bits per heavy atom. The number of carbonyl (C=O) groups is 1.